The van der Waals surface area contributed by atoms with Gasteiger partial charge in [0, 0.05) is 0 Å². The Morgan fingerprint density at radius 2 is 2.05 bits per heavy atom. The Morgan fingerprint density at radius 1 is 1.35 bits per heavy atom. The third-order valence-corrected chi connectivity index (χ3v) is 3.43. The van der Waals surface area contributed by atoms with Crippen LogP contribution in [0.2, 0.25) is 0 Å². The highest BCUT2D eigenvalue weighted by Crippen LogP contribution is 2.21. The van der Waals surface area contributed by atoms with Crippen LogP contribution in [0.15, 0.2) is 30.3 Å². The van der Waals surface area contributed by atoms with Crippen molar-refractivity contribution < 1.29 is 19.1 Å². The molecule has 5 heteroatoms. The number of hydrogen-bond donors (Lipinski definition) is 1. The summed E-state index contributed by atoms with van der Waals surface area (Å²) in [6, 6.07) is 8.29. The van der Waals surface area contributed by atoms with Crippen LogP contribution < -0.4 is 5.32 Å². The fourth-order valence-corrected chi connectivity index (χ4v) is 2.30. The van der Waals surface area contributed by atoms with Gasteiger partial charge in [0.05, 0.1) is 25.7 Å². The van der Waals surface area contributed by atoms with Gasteiger partial charge >= 0.3 is 5.97 Å². The Kier molecular flexibility index (Phi) is 4.74. The second kappa shape index (κ2) is 6.52. The molecule has 1 aliphatic rings. The van der Waals surface area contributed by atoms with Gasteiger partial charge in [-0.1, -0.05) is 30.3 Å². The van der Waals surface area contributed by atoms with Crippen molar-refractivity contribution in [2.45, 2.75) is 25.5 Å². The lowest BCUT2D eigenvalue weighted by atomic mass is 10.0. The molecule has 3 atom stereocenters. The zero-order chi connectivity index (χ0) is 14.5. The molecule has 3 unspecified atom stereocenters. The Bertz CT molecular complexity index is 474. The summed E-state index contributed by atoms with van der Waals surface area (Å²) in [4.78, 5) is 24.1. The molecule has 5 nitrogen and oxygen atoms in total. The third kappa shape index (κ3) is 3.36. The van der Waals surface area contributed by atoms with Gasteiger partial charge in [0.15, 0.2) is 6.04 Å². The van der Waals surface area contributed by atoms with E-state index in [1.165, 1.54) is 7.11 Å². The molecule has 0 aromatic heterocycles. The molecule has 1 fully saturated rings. The number of methoxy groups -OCH3 is 1. The summed E-state index contributed by atoms with van der Waals surface area (Å²) in [6.07, 6.45) is 0.758. The number of hydrogen-bond acceptors (Lipinski definition) is 4. The Balaban J connectivity index is 2.09. The minimum atomic E-state index is -0.774. The predicted molar refractivity (Wildman–Crippen MR) is 72.9 cm³/mol. The van der Waals surface area contributed by atoms with Crippen LogP contribution in [-0.4, -0.2) is 31.7 Å². The highest BCUT2D eigenvalue weighted by Gasteiger charge is 2.32. The molecule has 20 heavy (non-hydrogen) atoms. The van der Waals surface area contributed by atoms with E-state index in [1.807, 2.05) is 25.1 Å². The van der Waals surface area contributed by atoms with E-state index < -0.39 is 12.0 Å². The zero-order valence-electron chi connectivity index (χ0n) is 11.7. The molecule has 0 saturated carbocycles. The summed E-state index contributed by atoms with van der Waals surface area (Å²) in [7, 11) is 1.31. The molecular weight excluding hydrogens is 258 g/mol. The minimum Gasteiger partial charge on any atom is -0.467 e. The van der Waals surface area contributed by atoms with Crippen molar-refractivity contribution in [3.63, 3.8) is 0 Å². The lowest BCUT2D eigenvalue weighted by Gasteiger charge is -2.18. The first-order chi connectivity index (χ1) is 9.61. The smallest absolute Gasteiger partial charge is 0.333 e. The van der Waals surface area contributed by atoms with Crippen LogP contribution >= 0.6 is 0 Å². The van der Waals surface area contributed by atoms with Crippen LogP contribution in [0.4, 0.5) is 0 Å². The van der Waals surface area contributed by atoms with Crippen LogP contribution in [0.1, 0.15) is 24.9 Å². The minimum absolute atomic E-state index is 0.0825. The summed E-state index contributed by atoms with van der Waals surface area (Å²) >= 11 is 0. The Labute approximate surface area is 118 Å². The highest BCUT2D eigenvalue weighted by molar-refractivity contribution is 5.86. The van der Waals surface area contributed by atoms with Crippen molar-refractivity contribution >= 4 is 11.9 Å². The molecule has 0 aliphatic carbocycles. The molecule has 108 valence electrons. The summed E-state index contributed by atoms with van der Waals surface area (Å²) in [5.74, 6) is -0.856. The fraction of sp³-hybridized carbons (Fsp3) is 0.467. The van der Waals surface area contributed by atoms with Crippen molar-refractivity contribution in [2.75, 3.05) is 13.7 Å². The molecule has 1 N–H and O–H groups in total. The molecule has 1 aromatic carbocycles. The largest absolute Gasteiger partial charge is 0.467 e. The molecule has 1 aliphatic heterocycles. The molecule has 2 rings (SSSR count). The first-order valence-electron chi connectivity index (χ1n) is 6.66. The van der Waals surface area contributed by atoms with Gasteiger partial charge in [-0.3, -0.25) is 4.79 Å². The van der Waals surface area contributed by atoms with Crippen LogP contribution in [0, 0.1) is 5.92 Å². The van der Waals surface area contributed by atoms with E-state index in [-0.39, 0.29) is 17.9 Å². The van der Waals surface area contributed by atoms with Gasteiger partial charge in [0.2, 0.25) is 5.91 Å². The van der Waals surface area contributed by atoms with Gasteiger partial charge in [0.25, 0.3) is 0 Å². The second-order valence-corrected chi connectivity index (χ2v) is 4.95. The van der Waals surface area contributed by atoms with Crippen LogP contribution in [0.5, 0.6) is 0 Å². The summed E-state index contributed by atoms with van der Waals surface area (Å²) < 4.78 is 10.2. The number of rotatable bonds is 4. The average molecular weight is 277 g/mol. The predicted octanol–water partition coefficient (Wildman–Crippen LogP) is 1.44. The van der Waals surface area contributed by atoms with E-state index in [2.05, 4.69) is 5.32 Å². The number of ether oxygens (including phenoxy) is 2. The van der Waals surface area contributed by atoms with Crippen molar-refractivity contribution in [1.82, 2.24) is 5.32 Å². The number of benzene rings is 1. The Morgan fingerprint density at radius 3 is 2.60 bits per heavy atom. The maximum atomic E-state index is 12.2. The fourth-order valence-electron chi connectivity index (χ4n) is 2.30. The van der Waals surface area contributed by atoms with Crippen molar-refractivity contribution in [3.05, 3.63) is 35.9 Å². The Hall–Kier alpha value is -1.88. The van der Waals surface area contributed by atoms with Gasteiger partial charge in [-0.15, -0.1) is 0 Å². The summed E-state index contributed by atoms with van der Waals surface area (Å²) in [5.41, 5.74) is 0.708. The molecule has 1 aromatic rings. The normalized spacial score (nSPS) is 23.1. The van der Waals surface area contributed by atoms with E-state index in [0.29, 0.717) is 18.6 Å². The first-order valence-corrected chi connectivity index (χ1v) is 6.66. The molecule has 1 amide bonds. The number of carbonyl (C=O) groups excluding carboxylic acids is 2. The van der Waals surface area contributed by atoms with Gasteiger partial charge in [0.1, 0.15) is 0 Å². The van der Waals surface area contributed by atoms with E-state index in [4.69, 9.17) is 9.47 Å². The molecule has 0 radical (unpaired) electrons. The maximum absolute atomic E-state index is 12.2. The molecule has 1 saturated heterocycles. The molecule has 0 bridgehead atoms. The SMILES string of the molecule is COC(=O)C(NC(=O)C1COC(C)C1)c1ccccc1. The van der Waals surface area contributed by atoms with Crippen LogP contribution in [-0.2, 0) is 19.1 Å². The standard InChI is InChI=1S/C15H19NO4/c1-10-8-12(9-20-10)14(17)16-13(15(18)19-2)11-6-4-3-5-7-11/h3-7,10,12-13H,8-9H2,1-2H3,(H,16,17). The third-order valence-electron chi connectivity index (χ3n) is 3.43. The summed E-state index contributed by atoms with van der Waals surface area (Å²) in [6.45, 7) is 2.33. The van der Waals surface area contributed by atoms with E-state index in [9.17, 15) is 9.59 Å². The quantitative estimate of drug-likeness (QED) is 0.846. The van der Waals surface area contributed by atoms with E-state index in [0.717, 1.165) is 0 Å². The second-order valence-electron chi connectivity index (χ2n) is 4.95. The highest BCUT2D eigenvalue weighted by atomic mass is 16.5. The van der Waals surface area contributed by atoms with Crippen molar-refractivity contribution in [1.29, 1.82) is 0 Å². The van der Waals surface area contributed by atoms with Crippen LogP contribution in [0.25, 0.3) is 0 Å². The van der Waals surface area contributed by atoms with E-state index >= 15 is 0 Å². The average Bonchev–Trinajstić information content (AvgIpc) is 2.91. The topological polar surface area (TPSA) is 64.6 Å². The van der Waals surface area contributed by atoms with Crippen molar-refractivity contribution in [2.24, 2.45) is 5.92 Å². The van der Waals surface area contributed by atoms with Crippen LogP contribution in [0.3, 0.4) is 0 Å². The zero-order valence-corrected chi connectivity index (χ0v) is 11.7. The lowest BCUT2D eigenvalue weighted by Crippen LogP contribution is -2.38. The summed E-state index contributed by atoms with van der Waals surface area (Å²) in [5, 5.41) is 2.75. The van der Waals surface area contributed by atoms with Gasteiger partial charge in [-0.25, -0.2) is 4.79 Å². The number of nitrogens with one attached hydrogen (secondary N) is 1. The number of amides is 1. The molecular formula is C15H19NO4. The molecule has 0 spiro atoms. The van der Waals surface area contributed by atoms with Gasteiger partial charge < -0.3 is 14.8 Å². The maximum Gasteiger partial charge on any atom is 0.333 e. The molecule has 1 heterocycles. The van der Waals surface area contributed by atoms with Gasteiger partial charge in [-0.2, -0.15) is 0 Å². The van der Waals surface area contributed by atoms with Gasteiger partial charge in [-0.05, 0) is 18.9 Å². The van der Waals surface area contributed by atoms with E-state index in [1.54, 1.807) is 12.1 Å². The number of carbonyl (C=O) groups is 2. The first kappa shape index (κ1) is 14.5. The number of esters is 1. The van der Waals surface area contributed by atoms with Crippen molar-refractivity contribution in [3.8, 4) is 0 Å². The monoisotopic (exact) mass is 277 g/mol. The lowest BCUT2D eigenvalue weighted by molar-refractivity contribution is -0.145.